The number of rotatable bonds is 8. The zero-order chi connectivity index (χ0) is 22.0. The van der Waals surface area contributed by atoms with Crippen molar-refractivity contribution in [3.8, 4) is 23.7 Å². The van der Waals surface area contributed by atoms with E-state index in [2.05, 4.69) is 23.7 Å². The highest BCUT2D eigenvalue weighted by atomic mass is 32.2. The minimum Gasteiger partial charge on any atom is -0.265 e. The molecule has 0 aliphatic rings. The highest BCUT2D eigenvalue weighted by molar-refractivity contribution is 7.87. The van der Waals surface area contributed by atoms with Crippen molar-refractivity contribution in [1.29, 1.82) is 0 Å². The van der Waals surface area contributed by atoms with E-state index in [-0.39, 0.29) is 35.8 Å². The molecule has 0 amide bonds. The zero-order valence-electron chi connectivity index (χ0n) is 16.7. The first-order valence-electron chi connectivity index (χ1n) is 9.09. The number of hydrogen-bond donors (Lipinski definition) is 0. The third-order valence-electron chi connectivity index (χ3n) is 3.79. The van der Waals surface area contributed by atoms with E-state index in [0.29, 0.717) is 0 Å². The molecule has 158 valence electrons. The van der Waals surface area contributed by atoms with Crippen molar-refractivity contribution in [2.24, 2.45) is 0 Å². The quantitative estimate of drug-likeness (QED) is 0.352. The Balaban J connectivity index is 1.70. The summed E-state index contributed by atoms with van der Waals surface area (Å²) in [5, 5.41) is 0. The third kappa shape index (κ3) is 7.66. The second-order valence-corrected chi connectivity index (χ2v) is 9.51. The normalized spacial score (nSPS) is 11.1. The lowest BCUT2D eigenvalue weighted by molar-refractivity contribution is 0.325. The number of benzene rings is 2. The van der Waals surface area contributed by atoms with Crippen LogP contribution in [0, 0.1) is 37.5 Å². The standard InChI is InChI=1S/C22H22O6S2/c1-19-9-13-21(14-10-19)29(23,24)27-17-7-5-3-4-6-8-18-28-30(25,26)22-15-11-20(2)12-16-22/h9-16H,7-8,17-18H2,1-2H3. The Morgan fingerprint density at radius 3 is 1.30 bits per heavy atom. The van der Waals surface area contributed by atoms with Crippen molar-refractivity contribution in [2.45, 2.75) is 36.5 Å². The molecule has 0 spiro atoms. The summed E-state index contributed by atoms with van der Waals surface area (Å²) in [5.41, 5.74) is 1.91. The van der Waals surface area contributed by atoms with E-state index in [0.717, 1.165) is 11.1 Å². The molecule has 30 heavy (non-hydrogen) atoms. The van der Waals surface area contributed by atoms with Gasteiger partial charge in [-0.05, 0) is 50.0 Å². The van der Waals surface area contributed by atoms with Crippen LogP contribution in [-0.2, 0) is 28.6 Å². The van der Waals surface area contributed by atoms with Gasteiger partial charge in [-0.15, -0.1) is 0 Å². The van der Waals surface area contributed by atoms with Crippen LogP contribution in [0.4, 0.5) is 0 Å². The molecule has 0 saturated heterocycles. The van der Waals surface area contributed by atoms with Crippen molar-refractivity contribution in [1.82, 2.24) is 0 Å². The molecular formula is C22H22O6S2. The van der Waals surface area contributed by atoms with E-state index in [1.165, 1.54) is 24.3 Å². The van der Waals surface area contributed by atoms with Gasteiger partial charge in [0, 0.05) is 12.8 Å². The van der Waals surface area contributed by atoms with Gasteiger partial charge in [0.25, 0.3) is 20.2 Å². The van der Waals surface area contributed by atoms with Crippen LogP contribution in [0.3, 0.4) is 0 Å². The van der Waals surface area contributed by atoms with Crippen LogP contribution >= 0.6 is 0 Å². The molecule has 0 saturated carbocycles. The molecule has 0 radical (unpaired) electrons. The summed E-state index contributed by atoms with van der Waals surface area (Å²) in [4.78, 5) is 0.197. The Bertz CT molecular complexity index is 1080. The van der Waals surface area contributed by atoms with Crippen LogP contribution in [0.1, 0.15) is 24.0 Å². The molecule has 2 aromatic carbocycles. The van der Waals surface area contributed by atoms with Gasteiger partial charge in [0.2, 0.25) is 0 Å². The average Bonchev–Trinajstić information content (AvgIpc) is 2.70. The number of hydrogen-bond acceptors (Lipinski definition) is 6. The van der Waals surface area contributed by atoms with Crippen molar-refractivity contribution in [3.05, 3.63) is 59.7 Å². The zero-order valence-corrected chi connectivity index (χ0v) is 18.3. The van der Waals surface area contributed by atoms with Gasteiger partial charge in [0.1, 0.15) is 0 Å². The van der Waals surface area contributed by atoms with Crippen LogP contribution in [-0.4, -0.2) is 30.0 Å². The smallest absolute Gasteiger partial charge is 0.265 e. The lowest BCUT2D eigenvalue weighted by Gasteiger charge is -2.04. The van der Waals surface area contributed by atoms with E-state index in [9.17, 15) is 16.8 Å². The molecule has 0 atom stereocenters. The van der Waals surface area contributed by atoms with Gasteiger partial charge in [-0.25, -0.2) is 0 Å². The molecule has 6 nitrogen and oxygen atoms in total. The molecule has 2 aromatic rings. The first kappa shape index (κ1) is 23.7. The van der Waals surface area contributed by atoms with Gasteiger partial charge >= 0.3 is 0 Å². The van der Waals surface area contributed by atoms with Gasteiger partial charge in [-0.2, -0.15) is 16.8 Å². The van der Waals surface area contributed by atoms with E-state index >= 15 is 0 Å². The van der Waals surface area contributed by atoms with Crippen LogP contribution in [0.25, 0.3) is 0 Å². The van der Waals surface area contributed by atoms with E-state index in [4.69, 9.17) is 8.37 Å². The Kier molecular flexibility index (Phi) is 8.64. The van der Waals surface area contributed by atoms with Crippen molar-refractivity contribution in [2.75, 3.05) is 13.2 Å². The van der Waals surface area contributed by atoms with Crippen molar-refractivity contribution in [3.63, 3.8) is 0 Å². The largest absolute Gasteiger partial charge is 0.297 e. The maximum absolute atomic E-state index is 12.0. The van der Waals surface area contributed by atoms with E-state index < -0.39 is 20.2 Å². The second kappa shape index (κ2) is 11.0. The fourth-order valence-corrected chi connectivity index (χ4v) is 3.98. The van der Waals surface area contributed by atoms with Crippen LogP contribution in [0.15, 0.2) is 58.3 Å². The fourth-order valence-electron chi connectivity index (χ4n) is 2.16. The molecule has 0 bridgehead atoms. The molecule has 2 rings (SSSR count). The van der Waals surface area contributed by atoms with Crippen LogP contribution in [0.2, 0.25) is 0 Å². The maximum Gasteiger partial charge on any atom is 0.297 e. The highest BCUT2D eigenvalue weighted by Gasteiger charge is 2.14. The molecule has 0 aliphatic carbocycles. The lowest BCUT2D eigenvalue weighted by atomic mass is 10.2. The molecular weight excluding hydrogens is 424 g/mol. The highest BCUT2D eigenvalue weighted by Crippen LogP contribution is 2.14. The summed E-state index contributed by atoms with van der Waals surface area (Å²) in [6.07, 6.45) is 0.385. The monoisotopic (exact) mass is 446 g/mol. The molecule has 8 heteroatoms. The molecule has 0 aromatic heterocycles. The van der Waals surface area contributed by atoms with Crippen LogP contribution < -0.4 is 0 Å². The predicted octanol–water partition coefficient (Wildman–Crippen LogP) is 3.20. The Labute approximate surface area is 178 Å². The Morgan fingerprint density at radius 1 is 0.633 bits per heavy atom. The average molecular weight is 447 g/mol. The van der Waals surface area contributed by atoms with Gasteiger partial charge in [0.05, 0.1) is 23.0 Å². The SMILES string of the molecule is Cc1ccc(S(=O)(=O)OCCC#CC#CCCOS(=O)(=O)c2ccc(C)cc2)cc1. The predicted molar refractivity (Wildman–Crippen MR) is 113 cm³/mol. The molecule has 0 unspecified atom stereocenters. The van der Waals surface area contributed by atoms with Gasteiger partial charge in [-0.1, -0.05) is 47.2 Å². The molecule has 0 heterocycles. The minimum atomic E-state index is -3.80. The first-order valence-corrected chi connectivity index (χ1v) is 11.9. The van der Waals surface area contributed by atoms with Gasteiger partial charge in [0.15, 0.2) is 0 Å². The lowest BCUT2D eigenvalue weighted by Crippen LogP contribution is -2.07. The Morgan fingerprint density at radius 2 is 0.967 bits per heavy atom. The van der Waals surface area contributed by atoms with Gasteiger partial charge in [-0.3, -0.25) is 8.37 Å². The summed E-state index contributed by atoms with van der Waals surface area (Å²) in [6, 6.07) is 12.7. The van der Waals surface area contributed by atoms with Crippen molar-refractivity contribution < 1.29 is 25.2 Å². The second-order valence-electron chi connectivity index (χ2n) is 6.28. The van der Waals surface area contributed by atoms with E-state index in [1.54, 1.807) is 24.3 Å². The summed E-state index contributed by atoms with van der Waals surface area (Å²) < 4.78 is 57.8. The number of aryl methyl sites for hydroxylation is 2. The first-order chi connectivity index (χ1) is 14.2. The molecule has 0 aliphatic heterocycles. The third-order valence-corrected chi connectivity index (χ3v) is 6.44. The van der Waals surface area contributed by atoms with Crippen LogP contribution in [0.5, 0.6) is 0 Å². The summed E-state index contributed by atoms with van der Waals surface area (Å²) in [6.45, 7) is 3.57. The molecule has 0 N–H and O–H groups in total. The Hall–Kier alpha value is -2.62. The van der Waals surface area contributed by atoms with Gasteiger partial charge < -0.3 is 0 Å². The summed E-state index contributed by atoms with van der Waals surface area (Å²) in [5.74, 6) is 10.5. The molecule has 0 fully saturated rings. The summed E-state index contributed by atoms with van der Waals surface area (Å²) >= 11 is 0. The topological polar surface area (TPSA) is 86.7 Å². The summed E-state index contributed by atoms with van der Waals surface area (Å²) in [7, 11) is -7.60. The van der Waals surface area contributed by atoms with E-state index in [1.807, 2.05) is 13.8 Å². The fraction of sp³-hybridized carbons (Fsp3) is 0.273. The van der Waals surface area contributed by atoms with Crippen molar-refractivity contribution >= 4 is 20.2 Å². The minimum absolute atomic E-state index is 0.0806. The maximum atomic E-state index is 12.0.